The molecule has 5 heteroatoms. The lowest BCUT2D eigenvalue weighted by atomic mass is 10.1. The van der Waals surface area contributed by atoms with E-state index in [0.29, 0.717) is 17.9 Å². The van der Waals surface area contributed by atoms with Crippen LogP contribution in [0.4, 0.5) is 5.69 Å². The van der Waals surface area contributed by atoms with Crippen molar-refractivity contribution in [2.24, 2.45) is 0 Å². The van der Waals surface area contributed by atoms with E-state index in [1.807, 2.05) is 13.0 Å². The van der Waals surface area contributed by atoms with Gasteiger partial charge in [-0.05, 0) is 31.0 Å². The number of ether oxygens (including phenoxy) is 1. The topological polar surface area (TPSA) is 52.3 Å². The van der Waals surface area contributed by atoms with Crippen molar-refractivity contribution in [2.75, 3.05) is 12.3 Å². The van der Waals surface area contributed by atoms with Gasteiger partial charge in [0.15, 0.2) is 0 Å². The van der Waals surface area contributed by atoms with Gasteiger partial charge in [-0.3, -0.25) is 0 Å². The van der Waals surface area contributed by atoms with Crippen LogP contribution in [0.1, 0.15) is 29.8 Å². The van der Waals surface area contributed by atoms with Crippen LogP contribution in [0.5, 0.6) is 0 Å². The first-order chi connectivity index (χ1) is 7.10. The molecule has 0 aliphatic heterocycles. The van der Waals surface area contributed by atoms with Crippen molar-refractivity contribution < 1.29 is 9.53 Å². The minimum Gasteiger partial charge on any atom is -0.462 e. The summed E-state index contributed by atoms with van der Waals surface area (Å²) in [5, 5.41) is 0. The van der Waals surface area contributed by atoms with Crippen molar-refractivity contribution in [3.8, 4) is 0 Å². The molecule has 0 spiro atoms. The van der Waals surface area contributed by atoms with E-state index in [1.165, 1.54) is 0 Å². The molecule has 0 unspecified atom stereocenters. The predicted octanol–water partition coefficient (Wildman–Crippen LogP) is 3.19. The Kier molecular flexibility index (Phi) is 6.45. The summed E-state index contributed by atoms with van der Waals surface area (Å²) < 4.78 is 5.77. The minimum atomic E-state index is -0.369. The highest BCUT2D eigenvalue weighted by Gasteiger charge is 2.14. The zero-order valence-corrected chi connectivity index (χ0v) is 11.7. The van der Waals surface area contributed by atoms with Gasteiger partial charge in [-0.15, -0.1) is 12.4 Å². The summed E-state index contributed by atoms with van der Waals surface area (Å²) in [5.74, 6) is -0.369. The quantitative estimate of drug-likeness (QED) is 0.689. The number of halogens is 2. The molecule has 0 heterocycles. The van der Waals surface area contributed by atoms with Gasteiger partial charge in [0.05, 0.1) is 12.2 Å². The van der Waals surface area contributed by atoms with Gasteiger partial charge in [0.1, 0.15) is 0 Å². The number of hydrogen-bond acceptors (Lipinski definition) is 3. The van der Waals surface area contributed by atoms with E-state index in [0.717, 1.165) is 16.5 Å². The molecule has 0 aliphatic rings. The van der Waals surface area contributed by atoms with Crippen LogP contribution in [0.25, 0.3) is 0 Å². The molecule has 0 saturated heterocycles. The van der Waals surface area contributed by atoms with Crippen molar-refractivity contribution in [3.63, 3.8) is 0 Å². The first kappa shape index (κ1) is 15.3. The summed E-state index contributed by atoms with van der Waals surface area (Å²) in [6.45, 7) is 4.12. The zero-order chi connectivity index (χ0) is 11.4. The molecule has 0 aromatic heterocycles. The van der Waals surface area contributed by atoms with Gasteiger partial charge in [0.2, 0.25) is 0 Å². The monoisotopic (exact) mass is 307 g/mol. The Labute approximate surface area is 110 Å². The Bertz CT molecular complexity index is 382. The molecule has 0 bridgehead atoms. The molecule has 0 aliphatic carbocycles. The predicted molar refractivity (Wildman–Crippen MR) is 71.1 cm³/mol. The van der Waals surface area contributed by atoms with Gasteiger partial charge in [0, 0.05) is 10.2 Å². The summed E-state index contributed by atoms with van der Waals surface area (Å²) in [6, 6.07) is 3.60. The maximum atomic E-state index is 11.6. The number of anilines is 1. The molecule has 2 N–H and O–H groups in total. The van der Waals surface area contributed by atoms with Gasteiger partial charge in [-0.25, -0.2) is 4.79 Å². The Morgan fingerprint density at radius 2 is 2.06 bits per heavy atom. The molecule has 0 amide bonds. The first-order valence-electron chi connectivity index (χ1n) is 4.85. The zero-order valence-electron chi connectivity index (χ0n) is 9.25. The summed E-state index contributed by atoms with van der Waals surface area (Å²) in [6.07, 6.45) is 0.789. The standard InChI is InChI=1S/C11H14BrNO2.ClH/c1-3-7-5-8(12)6-9(10(7)13)11(14)15-4-2;/h5-6H,3-4,13H2,1-2H3;1H. The summed E-state index contributed by atoms with van der Waals surface area (Å²) in [5.41, 5.74) is 7.77. The lowest BCUT2D eigenvalue weighted by Gasteiger charge is -2.09. The Morgan fingerprint density at radius 1 is 1.44 bits per heavy atom. The molecule has 90 valence electrons. The number of carbonyl (C=O) groups is 1. The minimum absolute atomic E-state index is 0. The van der Waals surface area contributed by atoms with E-state index in [2.05, 4.69) is 15.9 Å². The van der Waals surface area contributed by atoms with Crippen LogP contribution in [0.15, 0.2) is 16.6 Å². The van der Waals surface area contributed by atoms with Gasteiger partial charge >= 0.3 is 5.97 Å². The fourth-order valence-corrected chi connectivity index (χ4v) is 1.85. The number of hydrogen-bond donors (Lipinski definition) is 1. The summed E-state index contributed by atoms with van der Waals surface area (Å²) in [4.78, 5) is 11.6. The Hall–Kier alpha value is -0.740. The third-order valence-corrected chi connectivity index (χ3v) is 2.56. The summed E-state index contributed by atoms with van der Waals surface area (Å²) >= 11 is 3.34. The maximum absolute atomic E-state index is 11.6. The van der Waals surface area contributed by atoms with Crippen LogP contribution >= 0.6 is 28.3 Å². The number of aryl methyl sites for hydroxylation is 1. The van der Waals surface area contributed by atoms with Gasteiger partial charge in [0.25, 0.3) is 0 Å². The Balaban J connectivity index is 0.00000225. The van der Waals surface area contributed by atoms with Gasteiger partial charge < -0.3 is 10.5 Å². The van der Waals surface area contributed by atoms with E-state index in [4.69, 9.17) is 10.5 Å². The van der Waals surface area contributed by atoms with Crippen molar-refractivity contribution in [1.29, 1.82) is 0 Å². The third kappa shape index (κ3) is 3.39. The second-order valence-corrected chi connectivity index (χ2v) is 4.02. The number of esters is 1. The highest BCUT2D eigenvalue weighted by Crippen LogP contribution is 2.24. The number of benzene rings is 1. The first-order valence-corrected chi connectivity index (χ1v) is 5.64. The van der Waals surface area contributed by atoms with Gasteiger partial charge in [-0.1, -0.05) is 22.9 Å². The highest BCUT2D eigenvalue weighted by molar-refractivity contribution is 9.10. The summed E-state index contributed by atoms with van der Waals surface area (Å²) in [7, 11) is 0. The second kappa shape index (κ2) is 6.76. The molecule has 0 radical (unpaired) electrons. The molecule has 0 atom stereocenters. The van der Waals surface area contributed by atoms with Crippen LogP contribution in [0, 0.1) is 0 Å². The van der Waals surface area contributed by atoms with Crippen LogP contribution in [-0.4, -0.2) is 12.6 Å². The molecule has 16 heavy (non-hydrogen) atoms. The third-order valence-electron chi connectivity index (χ3n) is 2.11. The molecule has 1 aromatic carbocycles. The average molecular weight is 309 g/mol. The van der Waals surface area contributed by atoms with Crippen LogP contribution in [0.2, 0.25) is 0 Å². The number of rotatable bonds is 3. The molecule has 0 saturated carbocycles. The molecular formula is C11H15BrClNO2. The number of nitrogen functional groups attached to an aromatic ring is 1. The van der Waals surface area contributed by atoms with Crippen molar-refractivity contribution >= 4 is 40.0 Å². The van der Waals surface area contributed by atoms with Crippen LogP contribution < -0.4 is 5.73 Å². The average Bonchev–Trinajstić information content (AvgIpc) is 2.21. The van der Waals surface area contributed by atoms with E-state index in [9.17, 15) is 4.79 Å². The van der Waals surface area contributed by atoms with E-state index >= 15 is 0 Å². The molecule has 3 nitrogen and oxygen atoms in total. The smallest absolute Gasteiger partial charge is 0.340 e. The molecule has 1 aromatic rings. The van der Waals surface area contributed by atoms with Crippen LogP contribution in [-0.2, 0) is 11.2 Å². The molecule has 0 fully saturated rings. The van der Waals surface area contributed by atoms with E-state index in [-0.39, 0.29) is 18.4 Å². The van der Waals surface area contributed by atoms with Gasteiger partial charge in [-0.2, -0.15) is 0 Å². The fraction of sp³-hybridized carbons (Fsp3) is 0.364. The van der Waals surface area contributed by atoms with Crippen molar-refractivity contribution in [1.82, 2.24) is 0 Å². The lowest BCUT2D eigenvalue weighted by molar-refractivity contribution is 0.0527. The maximum Gasteiger partial charge on any atom is 0.340 e. The highest BCUT2D eigenvalue weighted by atomic mass is 79.9. The van der Waals surface area contributed by atoms with E-state index in [1.54, 1.807) is 13.0 Å². The molecular weight excluding hydrogens is 293 g/mol. The largest absolute Gasteiger partial charge is 0.462 e. The second-order valence-electron chi connectivity index (χ2n) is 3.10. The van der Waals surface area contributed by atoms with E-state index < -0.39 is 0 Å². The SMILES string of the molecule is CCOC(=O)c1cc(Br)cc(CC)c1N.Cl. The van der Waals surface area contributed by atoms with Crippen molar-refractivity contribution in [3.05, 3.63) is 27.7 Å². The Morgan fingerprint density at radius 3 is 2.56 bits per heavy atom. The van der Waals surface area contributed by atoms with Crippen molar-refractivity contribution in [2.45, 2.75) is 20.3 Å². The lowest BCUT2D eigenvalue weighted by Crippen LogP contribution is -2.09. The molecule has 1 rings (SSSR count). The number of carbonyl (C=O) groups excluding carboxylic acids is 1. The fourth-order valence-electron chi connectivity index (χ4n) is 1.34. The van der Waals surface area contributed by atoms with Crippen LogP contribution in [0.3, 0.4) is 0 Å². The number of nitrogens with two attached hydrogens (primary N) is 1. The normalized spacial score (nSPS) is 9.44.